The van der Waals surface area contributed by atoms with Gasteiger partial charge < -0.3 is 9.88 Å². The molecule has 2 aromatic rings. The minimum atomic E-state index is -0.165. The Bertz CT molecular complexity index is 687. The summed E-state index contributed by atoms with van der Waals surface area (Å²) in [5.41, 5.74) is 2.41. The van der Waals surface area contributed by atoms with Crippen LogP contribution in [0.5, 0.6) is 0 Å². The van der Waals surface area contributed by atoms with Crippen LogP contribution in [-0.2, 0) is 17.9 Å². The summed E-state index contributed by atoms with van der Waals surface area (Å²) in [6, 6.07) is 7.86. The lowest BCUT2D eigenvalue weighted by atomic mass is 10.3. The Hall–Kier alpha value is -1.88. The van der Waals surface area contributed by atoms with Crippen molar-refractivity contribution in [3.63, 3.8) is 0 Å². The van der Waals surface area contributed by atoms with Gasteiger partial charge in [0.25, 0.3) is 0 Å². The Balaban J connectivity index is 2.33. The standard InChI is InChI=1S/C15H16BrN3O/c1-10(2)15(20)17-8-14-18-12-6-4-5-7-13(12)19(14)9-11(3)16/h4-7H,1,3,8-9H2,2H3,(H,17,20). The Morgan fingerprint density at radius 2 is 2.10 bits per heavy atom. The van der Waals surface area contributed by atoms with Gasteiger partial charge in [0.15, 0.2) is 0 Å². The van der Waals surface area contributed by atoms with Crippen molar-refractivity contribution in [2.24, 2.45) is 0 Å². The van der Waals surface area contributed by atoms with Crippen LogP contribution in [0, 0.1) is 0 Å². The maximum atomic E-state index is 11.6. The van der Waals surface area contributed by atoms with E-state index in [0.29, 0.717) is 18.7 Å². The van der Waals surface area contributed by atoms with Crippen molar-refractivity contribution in [3.8, 4) is 0 Å². The molecule has 5 heteroatoms. The molecule has 0 bridgehead atoms. The summed E-state index contributed by atoms with van der Waals surface area (Å²) < 4.78 is 2.89. The zero-order chi connectivity index (χ0) is 14.7. The van der Waals surface area contributed by atoms with E-state index in [1.54, 1.807) is 6.92 Å². The number of amides is 1. The molecule has 1 aromatic heterocycles. The Labute approximate surface area is 126 Å². The number of benzene rings is 1. The summed E-state index contributed by atoms with van der Waals surface area (Å²) in [6.45, 7) is 10.1. The van der Waals surface area contributed by atoms with E-state index in [2.05, 4.69) is 39.4 Å². The number of rotatable bonds is 5. The van der Waals surface area contributed by atoms with Crippen LogP contribution in [0.2, 0.25) is 0 Å². The molecule has 104 valence electrons. The zero-order valence-corrected chi connectivity index (χ0v) is 12.9. The largest absolute Gasteiger partial charge is 0.345 e. The highest BCUT2D eigenvalue weighted by Gasteiger charge is 2.11. The molecule has 1 aromatic carbocycles. The second kappa shape index (κ2) is 6.05. The van der Waals surface area contributed by atoms with Crippen LogP contribution in [0.1, 0.15) is 12.7 Å². The Kier molecular flexibility index (Phi) is 4.39. The van der Waals surface area contributed by atoms with Gasteiger partial charge in [-0.1, -0.05) is 41.2 Å². The molecular weight excluding hydrogens is 318 g/mol. The van der Waals surface area contributed by atoms with E-state index < -0.39 is 0 Å². The van der Waals surface area contributed by atoms with Gasteiger partial charge in [-0.2, -0.15) is 0 Å². The molecule has 0 aliphatic heterocycles. The van der Waals surface area contributed by atoms with Crippen LogP contribution in [-0.4, -0.2) is 15.5 Å². The van der Waals surface area contributed by atoms with E-state index in [4.69, 9.17) is 0 Å². The monoisotopic (exact) mass is 333 g/mol. The number of carbonyl (C=O) groups is 1. The molecule has 0 atom stereocenters. The van der Waals surface area contributed by atoms with Crippen molar-refractivity contribution in [1.82, 2.24) is 14.9 Å². The van der Waals surface area contributed by atoms with E-state index in [9.17, 15) is 4.79 Å². The lowest BCUT2D eigenvalue weighted by Crippen LogP contribution is -2.25. The first kappa shape index (κ1) is 14.5. The molecule has 0 saturated carbocycles. The average Bonchev–Trinajstić information content (AvgIpc) is 2.73. The van der Waals surface area contributed by atoms with Gasteiger partial charge in [0, 0.05) is 10.1 Å². The summed E-state index contributed by atoms with van der Waals surface area (Å²) >= 11 is 3.37. The quantitative estimate of drug-likeness (QED) is 0.854. The third-order valence-electron chi connectivity index (χ3n) is 2.86. The predicted molar refractivity (Wildman–Crippen MR) is 84.5 cm³/mol. The molecule has 1 heterocycles. The number of halogens is 1. The molecule has 0 fully saturated rings. The fourth-order valence-electron chi connectivity index (χ4n) is 1.92. The SMILES string of the molecule is C=C(Br)Cn1c(CNC(=O)C(=C)C)nc2ccccc21. The van der Waals surface area contributed by atoms with Crippen molar-refractivity contribution in [2.75, 3.05) is 0 Å². The van der Waals surface area contributed by atoms with Crippen molar-refractivity contribution in [1.29, 1.82) is 0 Å². The van der Waals surface area contributed by atoms with Crippen LogP contribution >= 0.6 is 15.9 Å². The van der Waals surface area contributed by atoms with E-state index in [-0.39, 0.29) is 5.91 Å². The van der Waals surface area contributed by atoms with Crippen LogP contribution in [0.15, 0.2) is 47.5 Å². The van der Waals surface area contributed by atoms with Gasteiger partial charge >= 0.3 is 0 Å². The Morgan fingerprint density at radius 1 is 1.40 bits per heavy atom. The van der Waals surface area contributed by atoms with Gasteiger partial charge in [0.05, 0.1) is 24.1 Å². The fourth-order valence-corrected chi connectivity index (χ4v) is 2.17. The molecule has 2 rings (SSSR count). The molecule has 1 amide bonds. The van der Waals surface area contributed by atoms with Crippen LogP contribution < -0.4 is 5.32 Å². The molecule has 0 spiro atoms. The number of aromatic nitrogens is 2. The molecule has 4 nitrogen and oxygen atoms in total. The van der Waals surface area contributed by atoms with Gasteiger partial charge in [-0.05, 0) is 19.1 Å². The smallest absolute Gasteiger partial charge is 0.246 e. The highest BCUT2D eigenvalue weighted by atomic mass is 79.9. The van der Waals surface area contributed by atoms with Gasteiger partial charge in [-0.15, -0.1) is 0 Å². The highest BCUT2D eigenvalue weighted by Crippen LogP contribution is 2.18. The zero-order valence-electron chi connectivity index (χ0n) is 11.3. The van der Waals surface area contributed by atoms with E-state index in [1.165, 1.54) is 0 Å². The maximum absolute atomic E-state index is 11.6. The van der Waals surface area contributed by atoms with Gasteiger partial charge in [0.2, 0.25) is 5.91 Å². The molecule has 0 aliphatic rings. The number of fused-ring (bicyclic) bond motifs is 1. The topological polar surface area (TPSA) is 46.9 Å². The van der Waals surface area contributed by atoms with E-state index in [0.717, 1.165) is 21.3 Å². The van der Waals surface area contributed by atoms with Gasteiger partial charge in [0.1, 0.15) is 5.82 Å². The molecule has 0 radical (unpaired) electrons. The summed E-state index contributed by atoms with van der Waals surface area (Å²) in [6.07, 6.45) is 0. The lowest BCUT2D eigenvalue weighted by molar-refractivity contribution is -0.117. The van der Waals surface area contributed by atoms with Crippen LogP contribution in [0.3, 0.4) is 0 Å². The molecule has 0 aliphatic carbocycles. The molecule has 0 saturated heterocycles. The first-order valence-corrected chi connectivity index (χ1v) is 6.99. The van der Waals surface area contributed by atoms with Crippen molar-refractivity contribution >= 4 is 32.9 Å². The lowest BCUT2D eigenvalue weighted by Gasteiger charge is -2.09. The molecule has 20 heavy (non-hydrogen) atoms. The van der Waals surface area contributed by atoms with Crippen LogP contribution in [0.25, 0.3) is 11.0 Å². The van der Waals surface area contributed by atoms with Crippen molar-refractivity contribution < 1.29 is 4.79 Å². The molecular formula is C15H16BrN3O. The van der Waals surface area contributed by atoms with Crippen molar-refractivity contribution in [2.45, 2.75) is 20.0 Å². The number of carbonyl (C=O) groups excluding carboxylic acids is 1. The summed E-state index contributed by atoms with van der Waals surface area (Å²) in [7, 11) is 0. The van der Waals surface area contributed by atoms with E-state index >= 15 is 0 Å². The minimum Gasteiger partial charge on any atom is -0.345 e. The highest BCUT2D eigenvalue weighted by molar-refractivity contribution is 9.11. The average molecular weight is 334 g/mol. The summed E-state index contributed by atoms with van der Waals surface area (Å²) in [5, 5.41) is 2.81. The number of hydrogen-bond acceptors (Lipinski definition) is 2. The summed E-state index contributed by atoms with van der Waals surface area (Å²) in [5.74, 6) is 0.627. The number of nitrogens with one attached hydrogen (secondary N) is 1. The first-order chi connectivity index (χ1) is 9.49. The van der Waals surface area contributed by atoms with E-state index in [1.807, 2.05) is 28.8 Å². The van der Waals surface area contributed by atoms with Crippen LogP contribution in [0.4, 0.5) is 0 Å². The fraction of sp³-hybridized carbons (Fsp3) is 0.200. The number of nitrogens with zero attached hydrogens (tertiary/aromatic N) is 2. The number of hydrogen-bond donors (Lipinski definition) is 1. The van der Waals surface area contributed by atoms with Gasteiger partial charge in [-0.25, -0.2) is 4.98 Å². The predicted octanol–water partition coefficient (Wildman–Crippen LogP) is 3.14. The first-order valence-electron chi connectivity index (χ1n) is 6.20. The van der Waals surface area contributed by atoms with Crippen molar-refractivity contribution in [3.05, 3.63) is 53.3 Å². The third-order valence-corrected chi connectivity index (χ3v) is 3.11. The Morgan fingerprint density at radius 3 is 2.75 bits per heavy atom. The minimum absolute atomic E-state index is 0.165. The number of imidazole rings is 1. The normalized spacial score (nSPS) is 10.5. The molecule has 0 unspecified atom stereocenters. The number of para-hydroxylation sites is 2. The second-order valence-electron chi connectivity index (χ2n) is 4.58. The summed E-state index contributed by atoms with van der Waals surface area (Å²) in [4.78, 5) is 16.1. The molecule has 1 N–H and O–H groups in total. The van der Waals surface area contributed by atoms with Gasteiger partial charge in [-0.3, -0.25) is 4.79 Å². The third kappa shape index (κ3) is 3.17. The maximum Gasteiger partial charge on any atom is 0.246 e. The number of allylic oxidation sites excluding steroid dienone is 1. The second-order valence-corrected chi connectivity index (χ2v) is 5.70.